The van der Waals surface area contributed by atoms with Gasteiger partial charge in [0.2, 0.25) is 5.91 Å². The summed E-state index contributed by atoms with van der Waals surface area (Å²) in [7, 11) is 0. The number of nitrogens with one attached hydrogen (secondary N) is 2. The van der Waals surface area contributed by atoms with Crippen molar-refractivity contribution >= 4 is 23.5 Å². The molecule has 1 heterocycles. The van der Waals surface area contributed by atoms with Crippen LogP contribution in [-0.4, -0.2) is 29.4 Å². The first-order chi connectivity index (χ1) is 14.5. The van der Waals surface area contributed by atoms with Crippen molar-refractivity contribution in [3.05, 3.63) is 58.9 Å². The van der Waals surface area contributed by atoms with Crippen molar-refractivity contribution in [2.75, 3.05) is 11.9 Å². The van der Waals surface area contributed by atoms with E-state index in [9.17, 15) is 14.4 Å². The Kier molecular flexibility index (Phi) is 7.17. The number of carbonyl (C=O) groups excluding carboxylic acids is 3. The molecule has 30 heavy (non-hydrogen) atoms. The van der Waals surface area contributed by atoms with Gasteiger partial charge in [-0.3, -0.25) is 9.59 Å². The lowest BCUT2D eigenvalue weighted by Gasteiger charge is -2.12. The average Bonchev–Trinajstić information content (AvgIpc) is 3.27. The van der Waals surface area contributed by atoms with Crippen LogP contribution in [0.3, 0.4) is 0 Å². The lowest BCUT2D eigenvalue weighted by molar-refractivity contribution is -0.119. The molecule has 7 nitrogen and oxygen atoms in total. The highest BCUT2D eigenvalue weighted by atomic mass is 16.5. The number of anilines is 1. The Bertz CT molecular complexity index is 936. The van der Waals surface area contributed by atoms with Gasteiger partial charge in [0.15, 0.2) is 0 Å². The van der Waals surface area contributed by atoms with Crippen molar-refractivity contribution in [2.24, 2.45) is 5.92 Å². The highest BCUT2D eigenvalue weighted by Gasteiger charge is 2.22. The number of pyridine rings is 1. The first kappa shape index (κ1) is 21.5. The van der Waals surface area contributed by atoms with Gasteiger partial charge in [-0.15, -0.1) is 0 Å². The average molecular weight is 409 g/mol. The molecule has 0 spiro atoms. The van der Waals surface area contributed by atoms with Gasteiger partial charge in [0.05, 0.1) is 17.9 Å². The zero-order valence-electron chi connectivity index (χ0n) is 17.4. The molecule has 158 valence electrons. The molecule has 7 heteroatoms. The van der Waals surface area contributed by atoms with Crippen LogP contribution in [0.4, 0.5) is 5.69 Å². The highest BCUT2D eigenvalue weighted by Crippen LogP contribution is 2.26. The van der Waals surface area contributed by atoms with Gasteiger partial charge in [0.25, 0.3) is 5.91 Å². The fraction of sp³-hybridized carbons (Fsp3) is 0.391. The van der Waals surface area contributed by atoms with E-state index in [1.807, 2.05) is 24.3 Å². The third-order valence-corrected chi connectivity index (χ3v) is 5.19. The minimum Gasteiger partial charge on any atom is -0.462 e. The van der Waals surface area contributed by atoms with E-state index < -0.39 is 5.97 Å². The van der Waals surface area contributed by atoms with Crippen LogP contribution in [0.15, 0.2) is 36.4 Å². The number of amides is 2. The van der Waals surface area contributed by atoms with Crippen molar-refractivity contribution in [3.8, 4) is 0 Å². The van der Waals surface area contributed by atoms with Crippen LogP contribution in [-0.2, 0) is 16.1 Å². The van der Waals surface area contributed by atoms with Gasteiger partial charge in [-0.25, -0.2) is 9.78 Å². The zero-order valence-corrected chi connectivity index (χ0v) is 17.4. The van der Waals surface area contributed by atoms with Crippen LogP contribution in [0.1, 0.15) is 64.7 Å². The molecular formula is C23H27N3O4. The lowest BCUT2D eigenvalue weighted by Crippen LogP contribution is -2.24. The fourth-order valence-electron chi connectivity index (χ4n) is 3.58. The quantitative estimate of drug-likeness (QED) is 0.681. The Balaban J connectivity index is 1.58. The number of carbonyl (C=O) groups is 3. The molecule has 2 N–H and O–H groups in total. The molecule has 1 aromatic carbocycles. The van der Waals surface area contributed by atoms with Gasteiger partial charge in [-0.1, -0.05) is 25.0 Å². The van der Waals surface area contributed by atoms with Gasteiger partial charge in [0.1, 0.15) is 5.69 Å². The van der Waals surface area contributed by atoms with E-state index in [-0.39, 0.29) is 30.0 Å². The molecule has 3 rings (SSSR count). The van der Waals surface area contributed by atoms with Gasteiger partial charge < -0.3 is 15.4 Å². The largest absolute Gasteiger partial charge is 0.462 e. The molecule has 0 bridgehead atoms. The maximum Gasteiger partial charge on any atom is 0.339 e. The summed E-state index contributed by atoms with van der Waals surface area (Å²) in [4.78, 5) is 40.8. The molecular weight excluding hydrogens is 382 g/mol. The Morgan fingerprint density at radius 1 is 1.13 bits per heavy atom. The Hall–Kier alpha value is -3.22. The first-order valence-corrected chi connectivity index (χ1v) is 10.3. The predicted molar refractivity (Wildman–Crippen MR) is 113 cm³/mol. The van der Waals surface area contributed by atoms with Crippen molar-refractivity contribution in [2.45, 2.75) is 46.1 Å². The monoisotopic (exact) mass is 409 g/mol. The molecule has 0 aliphatic heterocycles. The van der Waals surface area contributed by atoms with Gasteiger partial charge >= 0.3 is 5.97 Å². The van der Waals surface area contributed by atoms with E-state index in [2.05, 4.69) is 15.6 Å². The second-order valence-corrected chi connectivity index (χ2v) is 7.40. The van der Waals surface area contributed by atoms with Crippen molar-refractivity contribution in [3.63, 3.8) is 0 Å². The SMILES string of the molecule is CCOC(=O)c1ccc(C(=O)NCc2cccc(NC(=O)C3CCCC3)c2)nc1C. The smallest absolute Gasteiger partial charge is 0.339 e. The van der Waals surface area contributed by atoms with Crippen LogP contribution >= 0.6 is 0 Å². The van der Waals surface area contributed by atoms with E-state index >= 15 is 0 Å². The minimum atomic E-state index is -0.453. The maximum absolute atomic E-state index is 12.5. The molecule has 1 aromatic heterocycles. The molecule has 1 saturated carbocycles. The van der Waals surface area contributed by atoms with Crippen LogP contribution in [0, 0.1) is 12.8 Å². The highest BCUT2D eigenvalue weighted by molar-refractivity contribution is 5.95. The number of esters is 1. The number of rotatable bonds is 7. The molecule has 0 radical (unpaired) electrons. The Morgan fingerprint density at radius 2 is 1.90 bits per heavy atom. The van der Waals surface area contributed by atoms with Crippen LogP contribution < -0.4 is 10.6 Å². The summed E-state index contributed by atoms with van der Waals surface area (Å²) in [6, 6.07) is 10.5. The summed E-state index contributed by atoms with van der Waals surface area (Å²) in [5, 5.41) is 5.79. The summed E-state index contributed by atoms with van der Waals surface area (Å²) >= 11 is 0. The van der Waals surface area contributed by atoms with Crippen molar-refractivity contribution in [1.29, 1.82) is 0 Å². The molecule has 1 aliphatic carbocycles. The van der Waals surface area contributed by atoms with Crippen LogP contribution in [0.25, 0.3) is 0 Å². The molecule has 0 atom stereocenters. The van der Waals surface area contributed by atoms with E-state index in [1.54, 1.807) is 19.9 Å². The van der Waals surface area contributed by atoms with E-state index in [4.69, 9.17) is 4.74 Å². The molecule has 1 fully saturated rings. The number of aromatic nitrogens is 1. The maximum atomic E-state index is 12.5. The lowest BCUT2D eigenvalue weighted by atomic mass is 10.1. The van der Waals surface area contributed by atoms with E-state index in [0.717, 1.165) is 36.9 Å². The van der Waals surface area contributed by atoms with E-state index in [1.165, 1.54) is 6.07 Å². The van der Waals surface area contributed by atoms with Crippen molar-refractivity contribution < 1.29 is 19.1 Å². The first-order valence-electron chi connectivity index (χ1n) is 10.3. The zero-order chi connectivity index (χ0) is 21.5. The summed E-state index contributed by atoms with van der Waals surface area (Å²) in [6.07, 6.45) is 4.11. The minimum absolute atomic E-state index is 0.0649. The molecule has 2 aromatic rings. The number of nitrogens with zero attached hydrogens (tertiary/aromatic N) is 1. The summed E-state index contributed by atoms with van der Waals surface area (Å²) in [6.45, 7) is 3.98. The predicted octanol–water partition coefficient (Wildman–Crippen LogP) is 3.63. The number of aryl methyl sites for hydroxylation is 1. The standard InChI is InChI=1S/C23H27N3O4/c1-3-30-23(29)19-11-12-20(25-15(19)2)22(28)24-14-16-7-6-10-18(13-16)26-21(27)17-8-4-5-9-17/h6-7,10-13,17H,3-5,8-9,14H2,1-2H3,(H,24,28)(H,26,27). The molecule has 0 saturated heterocycles. The van der Waals surface area contributed by atoms with Crippen molar-refractivity contribution in [1.82, 2.24) is 10.3 Å². The summed E-state index contributed by atoms with van der Waals surface area (Å²) in [5.74, 6) is -0.630. The Labute approximate surface area is 176 Å². The number of hydrogen-bond acceptors (Lipinski definition) is 5. The van der Waals surface area contributed by atoms with Gasteiger partial charge in [-0.05, 0) is 56.5 Å². The second-order valence-electron chi connectivity index (χ2n) is 7.40. The van der Waals surface area contributed by atoms with Crippen LogP contribution in [0.2, 0.25) is 0 Å². The van der Waals surface area contributed by atoms with Gasteiger partial charge in [-0.2, -0.15) is 0 Å². The van der Waals surface area contributed by atoms with Crippen LogP contribution in [0.5, 0.6) is 0 Å². The summed E-state index contributed by atoms with van der Waals surface area (Å²) < 4.78 is 4.98. The number of hydrogen-bond donors (Lipinski definition) is 2. The second kappa shape index (κ2) is 10.0. The fourth-order valence-corrected chi connectivity index (χ4v) is 3.58. The molecule has 0 unspecified atom stereocenters. The molecule has 1 aliphatic rings. The van der Waals surface area contributed by atoms with E-state index in [0.29, 0.717) is 17.8 Å². The molecule has 2 amide bonds. The topological polar surface area (TPSA) is 97.4 Å². The Morgan fingerprint density at radius 3 is 2.60 bits per heavy atom. The third kappa shape index (κ3) is 5.43. The summed E-state index contributed by atoms with van der Waals surface area (Å²) in [5.41, 5.74) is 2.61. The number of ether oxygens (including phenoxy) is 1. The normalized spacial score (nSPS) is 13.7. The van der Waals surface area contributed by atoms with Gasteiger partial charge in [0, 0.05) is 18.2 Å². The number of benzene rings is 1. The third-order valence-electron chi connectivity index (χ3n) is 5.19.